The lowest BCUT2D eigenvalue weighted by molar-refractivity contribution is 0.156. The first kappa shape index (κ1) is 11.8. The van der Waals surface area contributed by atoms with Gasteiger partial charge in [0.25, 0.3) is 6.43 Å². The molecule has 15 heavy (non-hydrogen) atoms. The van der Waals surface area contributed by atoms with E-state index < -0.39 is 6.43 Å². The Morgan fingerprint density at radius 2 is 2.33 bits per heavy atom. The number of rotatable bonds is 4. The highest BCUT2D eigenvalue weighted by atomic mass is 32.1. The summed E-state index contributed by atoms with van der Waals surface area (Å²) in [6, 6.07) is 3.22. The molecule has 1 aromatic heterocycles. The zero-order chi connectivity index (χ0) is 11.4. The number of nitrogens with two attached hydrogens (primary N) is 1. The third-order valence-electron chi connectivity index (χ3n) is 1.85. The minimum Gasteiger partial charge on any atom is -0.388 e. The largest absolute Gasteiger partial charge is 0.388 e. The van der Waals surface area contributed by atoms with E-state index in [2.05, 4.69) is 4.98 Å². The summed E-state index contributed by atoms with van der Waals surface area (Å²) in [5.41, 5.74) is 6.44. The summed E-state index contributed by atoms with van der Waals surface area (Å²) in [5.74, 6) is 0. The molecule has 1 aromatic rings. The van der Waals surface area contributed by atoms with E-state index >= 15 is 0 Å². The molecule has 6 heteroatoms. The molecule has 0 radical (unpaired) electrons. The number of pyridine rings is 1. The van der Waals surface area contributed by atoms with E-state index in [0.29, 0.717) is 11.4 Å². The van der Waals surface area contributed by atoms with Crippen molar-refractivity contribution < 1.29 is 8.78 Å². The Morgan fingerprint density at radius 3 is 2.87 bits per heavy atom. The van der Waals surface area contributed by atoms with Gasteiger partial charge in [-0.1, -0.05) is 12.2 Å². The van der Waals surface area contributed by atoms with Crippen LogP contribution in [0.4, 0.5) is 14.5 Å². The van der Waals surface area contributed by atoms with Crippen LogP contribution in [-0.4, -0.2) is 30.0 Å². The van der Waals surface area contributed by atoms with E-state index in [1.165, 1.54) is 11.1 Å². The van der Waals surface area contributed by atoms with Gasteiger partial charge in [-0.3, -0.25) is 4.98 Å². The molecule has 0 unspecified atom stereocenters. The minimum absolute atomic E-state index is 0.155. The number of nitrogens with zero attached hydrogens (tertiary/aromatic N) is 2. The van der Waals surface area contributed by atoms with E-state index in [4.69, 9.17) is 18.0 Å². The highest BCUT2D eigenvalue weighted by Crippen LogP contribution is 2.14. The molecule has 3 nitrogen and oxygen atoms in total. The second kappa shape index (κ2) is 4.97. The van der Waals surface area contributed by atoms with Crippen LogP contribution in [-0.2, 0) is 0 Å². The summed E-state index contributed by atoms with van der Waals surface area (Å²) in [6.45, 7) is -0.333. The smallest absolute Gasteiger partial charge is 0.255 e. The number of thiocarbonyl (C=S) groups is 1. The second-order valence-electron chi connectivity index (χ2n) is 3.04. The molecule has 0 atom stereocenters. The lowest BCUT2D eigenvalue weighted by Crippen LogP contribution is -2.24. The molecular formula is C9H11F2N3S. The Labute approximate surface area is 91.9 Å². The topological polar surface area (TPSA) is 42.2 Å². The number of halogens is 2. The molecule has 0 saturated carbocycles. The van der Waals surface area contributed by atoms with Crippen molar-refractivity contribution >= 4 is 22.9 Å². The van der Waals surface area contributed by atoms with Gasteiger partial charge < -0.3 is 10.6 Å². The molecule has 0 fully saturated rings. The zero-order valence-electron chi connectivity index (χ0n) is 8.15. The first-order valence-electron chi connectivity index (χ1n) is 4.26. The molecule has 82 valence electrons. The number of alkyl halides is 2. The molecule has 0 spiro atoms. The third kappa shape index (κ3) is 3.39. The Balaban J connectivity index is 2.85. The quantitative estimate of drug-likeness (QED) is 0.796. The van der Waals surface area contributed by atoms with Crippen molar-refractivity contribution in [3.8, 4) is 0 Å². The number of aromatic nitrogens is 1. The molecule has 0 saturated heterocycles. The molecule has 0 aliphatic rings. The van der Waals surface area contributed by atoms with Crippen molar-refractivity contribution in [2.45, 2.75) is 6.43 Å². The van der Waals surface area contributed by atoms with Gasteiger partial charge in [-0.2, -0.15) is 0 Å². The fourth-order valence-corrected chi connectivity index (χ4v) is 1.22. The Hall–Kier alpha value is -1.30. The summed E-state index contributed by atoms with van der Waals surface area (Å²) in [4.78, 5) is 5.50. The lowest BCUT2D eigenvalue weighted by atomic mass is 10.3. The van der Waals surface area contributed by atoms with Crippen molar-refractivity contribution in [2.75, 3.05) is 18.5 Å². The van der Waals surface area contributed by atoms with Crippen LogP contribution >= 0.6 is 12.2 Å². The van der Waals surface area contributed by atoms with E-state index in [-0.39, 0.29) is 11.5 Å². The third-order valence-corrected chi connectivity index (χ3v) is 2.06. The summed E-state index contributed by atoms with van der Waals surface area (Å²) in [6.07, 6.45) is -0.886. The molecule has 0 aliphatic carbocycles. The van der Waals surface area contributed by atoms with Gasteiger partial charge in [0.05, 0.1) is 12.2 Å². The molecule has 0 aliphatic heterocycles. The zero-order valence-corrected chi connectivity index (χ0v) is 8.97. The van der Waals surface area contributed by atoms with Crippen LogP contribution in [0.2, 0.25) is 0 Å². The molecule has 2 N–H and O–H groups in total. The monoisotopic (exact) mass is 231 g/mol. The van der Waals surface area contributed by atoms with Crippen LogP contribution in [0.15, 0.2) is 18.3 Å². The highest BCUT2D eigenvalue weighted by molar-refractivity contribution is 7.80. The van der Waals surface area contributed by atoms with Crippen molar-refractivity contribution in [2.24, 2.45) is 5.73 Å². The van der Waals surface area contributed by atoms with Gasteiger partial charge in [0.2, 0.25) is 0 Å². The van der Waals surface area contributed by atoms with E-state index in [1.54, 1.807) is 19.2 Å². The van der Waals surface area contributed by atoms with Crippen LogP contribution in [0.1, 0.15) is 5.69 Å². The van der Waals surface area contributed by atoms with Crippen molar-refractivity contribution in [1.29, 1.82) is 0 Å². The predicted octanol–water partition coefficient (Wildman–Crippen LogP) is 1.42. The fourth-order valence-electron chi connectivity index (χ4n) is 1.10. The average Bonchev–Trinajstić information content (AvgIpc) is 2.17. The van der Waals surface area contributed by atoms with Crippen molar-refractivity contribution in [3.05, 3.63) is 24.0 Å². The highest BCUT2D eigenvalue weighted by Gasteiger charge is 2.09. The number of hydrogen-bond acceptors (Lipinski definition) is 3. The van der Waals surface area contributed by atoms with Gasteiger partial charge in [-0.15, -0.1) is 0 Å². The van der Waals surface area contributed by atoms with E-state index in [0.717, 1.165) is 0 Å². The summed E-state index contributed by atoms with van der Waals surface area (Å²) in [5, 5.41) is 0. The van der Waals surface area contributed by atoms with Crippen LogP contribution in [0.5, 0.6) is 0 Å². The Bertz CT molecular complexity index is 357. The summed E-state index contributed by atoms with van der Waals surface area (Å²) < 4.78 is 24.2. The fraction of sp³-hybridized carbons (Fsp3) is 0.333. The van der Waals surface area contributed by atoms with Crippen LogP contribution < -0.4 is 10.6 Å². The number of hydrogen-bond donors (Lipinski definition) is 1. The normalized spacial score (nSPS) is 10.4. The van der Waals surface area contributed by atoms with Crippen LogP contribution in [0.3, 0.4) is 0 Å². The van der Waals surface area contributed by atoms with Crippen LogP contribution in [0, 0.1) is 0 Å². The number of anilines is 1. The molecule has 1 rings (SSSR count). The molecular weight excluding hydrogens is 220 g/mol. The molecule has 1 heterocycles. The SMILES string of the molecule is CN(CC(F)F)c1ccnc(C(N)=S)c1. The molecule has 0 aromatic carbocycles. The second-order valence-corrected chi connectivity index (χ2v) is 3.47. The van der Waals surface area contributed by atoms with Crippen LogP contribution in [0.25, 0.3) is 0 Å². The lowest BCUT2D eigenvalue weighted by Gasteiger charge is -2.18. The maximum Gasteiger partial charge on any atom is 0.255 e. The van der Waals surface area contributed by atoms with Crippen molar-refractivity contribution in [1.82, 2.24) is 4.98 Å². The van der Waals surface area contributed by atoms with Crippen molar-refractivity contribution in [3.63, 3.8) is 0 Å². The maximum atomic E-state index is 12.1. The summed E-state index contributed by atoms with van der Waals surface area (Å²) in [7, 11) is 1.57. The van der Waals surface area contributed by atoms with E-state index in [1.807, 2.05) is 0 Å². The first-order valence-corrected chi connectivity index (χ1v) is 4.66. The van der Waals surface area contributed by atoms with Gasteiger partial charge in [0.15, 0.2) is 0 Å². The van der Waals surface area contributed by atoms with E-state index in [9.17, 15) is 8.78 Å². The standard InChI is InChI=1S/C9H11F2N3S/c1-14(5-8(10)11)6-2-3-13-7(4-6)9(12)15/h2-4,8H,5H2,1H3,(H2,12,15). The first-order chi connectivity index (χ1) is 7.00. The Kier molecular flexibility index (Phi) is 3.90. The van der Waals surface area contributed by atoms with Gasteiger partial charge in [0.1, 0.15) is 4.99 Å². The molecule has 0 amide bonds. The van der Waals surface area contributed by atoms with Gasteiger partial charge in [-0.25, -0.2) is 8.78 Å². The average molecular weight is 231 g/mol. The predicted molar refractivity (Wildman–Crippen MR) is 59.4 cm³/mol. The Morgan fingerprint density at radius 1 is 1.67 bits per heavy atom. The van der Waals surface area contributed by atoms with Gasteiger partial charge in [0, 0.05) is 18.9 Å². The molecule has 0 bridgehead atoms. The summed E-state index contributed by atoms with van der Waals surface area (Å²) >= 11 is 4.74. The van der Waals surface area contributed by atoms with Gasteiger partial charge >= 0.3 is 0 Å². The minimum atomic E-state index is -2.38. The van der Waals surface area contributed by atoms with Gasteiger partial charge in [-0.05, 0) is 12.1 Å². The maximum absolute atomic E-state index is 12.1.